The number of nitriles is 1. The number of aromatic nitrogens is 4. The summed E-state index contributed by atoms with van der Waals surface area (Å²) in [6.45, 7) is 2.80. The maximum Gasteiger partial charge on any atom is 0.260 e. The molecule has 1 saturated carbocycles. The number of pyridine rings is 1. The second-order valence-electron chi connectivity index (χ2n) is 11.8. The summed E-state index contributed by atoms with van der Waals surface area (Å²) in [5.74, 6) is 0.587. The Morgan fingerprint density at radius 2 is 2.02 bits per heavy atom. The maximum atomic E-state index is 15.4. The molecule has 4 aromatic rings. The van der Waals surface area contributed by atoms with Crippen molar-refractivity contribution >= 4 is 11.7 Å². The number of fused-ring (bicyclic) bond motifs is 1. The molecule has 10 nitrogen and oxygen atoms in total. The fourth-order valence-corrected chi connectivity index (χ4v) is 5.84. The molecule has 2 aromatic carbocycles. The van der Waals surface area contributed by atoms with Gasteiger partial charge in [0.25, 0.3) is 5.91 Å². The Hall–Kier alpha value is -4.50. The highest BCUT2D eigenvalue weighted by atomic mass is 19.1. The van der Waals surface area contributed by atoms with E-state index < -0.39 is 17.5 Å². The van der Waals surface area contributed by atoms with Crippen molar-refractivity contribution in [3.63, 3.8) is 0 Å². The van der Waals surface area contributed by atoms with Gasteiger partial charge in [0.1, 0.15) is 18.0 Å². The molecule has 11 heteroatoms. The predicted molar refractivity (Wildman–Crippen MR) is 155 cm³/mol. The number of benzene rings is 2. The molecule has 2 N–H and O–H groups in total. The first-order chi connectivity index (χ1) is 20.7. The van der Waals surface area contributed by atoms with Crippen LogP contribution in [0.2, 0.25) is 0 Å². The summed E-state index contributed by atoms with van der Waals surface area (Å²) in [5.41, 5.74) is 4.37. The lowest BCUT2D eigenvalue weighted by Crippen LogP contribution is -2.51. The fraction of sp³-hybridized carbons (Fsp3) is 0.344. The van der Waals surface area contributed by atoms with E-state index in [1.165, 1.54) is 11.0 Å². The zero-order valence-electron chi connectivity index (χ0n) is 23.8. The summed E-state index contributed by atoms with van der Waals surface area (Å²) in [7, 11) is 1.84. The molecule has 2 fully saturated rings. The van der Waals surface area contributed by atoms with Crippen LogP contribution in [0.25, 0.3) is 22.5 Å². The number of nitrogens with one attached hydrogen (secondary N) is 1. The number of aryl methyl sites for hydroxylation is 1. The van der Waals surface area contributed by atoms with E-state index in [1.54, 1.807) is 29.1 Å². The Bertz CT molecular complexity index is 1810. The van der Waals surface area contributed by atoms with Crippen molar-refractivity contribution in [3.05, 3.63) is 82.6 Å². The fourth-order valence-electron chi connectivity index (χ4n) is 5.84. The molecular formula is C32H30FN7O3. The lowest BCUT2D eigenvalue weighted by molar-refractivity contribution is 0.0994. The highest BCUT2D eigenvalue weighted by molar-refractivity contribution is 6.10. The number of carbonyl (C=O) groups is 1. The predicted octanol–water partition coefficient (Wildman–Crippen LogP) is 3.83. The largest absolute Gasteiger partial charge is 0.389 e. The number of nitrogens with zero attached hydrogens (tertiary/aromatic N) is 6. The minimum atomic E-state index is -0.673. The Labute approximate surface area is 247 Å². The number of aliphatic hydroxyl groups excluding tert-OH is 1. The Kier molecular flexibility index (Phi) is 6.58. The molecule has 0 radical (unpaired) electrons. The van der Waals surface area contributed by atoms with E-state index in [4.69, 9.17) is 9.72 Å². The van der Waals surface area contributed by atoms with Gasteiger partial charge in [0.2, 0.25) is 0 Å². The third-order valence-corrected chi connectivity index (χ3v) is 8.67. The highest BCUT2D eigenvalue weighted by Gasteiger charge is 2.39. The van der Waals surface area contributed by atoms with Crippen LogP contribution in [0.1, 0.15) is 58.4 Å². The normalized spacial score (nSPS) is 21.3. The summed E-state index contributed by atoms with van der Waals surface area (Å²) >= 11 is 0. The maximum absolute atomic E-state index is 15.4. The summed E-state index contributed by atoms with van der Waals surface area (Å²) in [6, 6.07) is 14.7. The Morgan fingerprint density at radius 3 is 2.72 bits per heavy atom. The number of amides is 1. The molecule has 0 spiro atoms. The van der Waals surface area contributed by atoms with Crippen molar-refractivity contribution in [2.75, 3.05) is 18.1 Å². The molecule has 1 aliphatic carbocycles. The van der Waals surface area contributed by atoms with Gasteiger partial charge in [-0.15, -0.1) is 10.2 Å². The third kappa shape index (κ3) is 4.87. The first-order valence-corrected chi connectivity index (χ1v) is 14.3. The van der Waals surface area contributed by atoms with Gasteiger partial charge in [0.05, 0.1) is 43.0 Å². The Balaban J connectivity index is 1.24. The monoisotopic (exact) mass is 579 g/mol. The van der Waals surface area contributed by atoms with Crippen molar-refractivity contribution in [2.24, 2.45) is 7.05 Å². The molecule has 2 atom stereocenters. The molecule has 2 aliphatic heterocycles. The average molecular weight is 580 g/mol. The van der Waals surface area contributed by atoms with Gasteiger partial charge in [-0.3, -0.25) is 9.69 Å². The number of hydrogen-bond acceptors (Lipinski definition) is 8. The van der Waals surface area contributed by atoms with Crippen molar-refractivity contribution in [3.8, 4) is 28.6 Å². The zero-order chi connectivity index (χ0) is 29.9. The second-order valence-corrected chi connectivity index (χ2v) is 11.8. The van der Waals surface area contributed by atoms with Crippen LogP contribution in [0.5, 0.6) is 0 Å². The van der Waals surface area contributed by atoms with E-state index in [0.29, 0.717) is 46.4 Å². The standard InChI is InChI=1S/C32H30FN7O3/c1-32(16-43-15-28(32)41)35-13-19-8-24-25(26(33)9-19)14-40(31(24)42)29-11-21(10-27(37-29)20-4-5-20)22-6-3-18(12-34)7-23(22)30-38-36-17-39(30)2/h3,6-11,17,20,28,35,41H,4-5,13-16H2,1-2H3. The minimum absolute atomic E-state index is 0.0715. The second kappa shape index (κ2) is 10.3. The number of carbonyl (C=O) groups excluding carboxylic acids is 1. The summed E-state index contributed by atoms with van der Waals surface area (Å²) in [5, 5.41) is 31.4. The first-order valence-electron chi connectivity index (χ1n) is 14.3. The average Bonchev–Trinajstić information content (AvgIpc) is 3.58. The van der Waals surface area contributed by atoms with E-state index in [2.05, 4.69) is 21.6 Å². The zero-order valence-corrected chi connectivity index (χ0v) is 23.8. The lowest BCUT2D eigenvalue weighted by Gasteiger charge is -2.27. The van der Waals surface area contributed by atoms with E-state index >= 15 is 4.39 Å². The van der Waals surface area contributed by atoms with Crippen LogP contribution in [0.3, 0.4) is 0 Å². The van der Waals surface area contributed by atoms with Crippen LogP contribution in [-0.2, 0) is 24.9 Å². The van der Waals surface area contributed by atoms with Crippen molar-refractivity contribution in [1.82, 2.24) is 25.1 Å². The molecule has 1 saturated heterocycles. The SMILES string of the molecule is Cn1cnnc1-c1cc(C#N)ccc1-c1cc(C2CC2)nc(N2Cc3c(F)cc(CNC4(C)COCC4O)cc3C2=O)c1. The van der Waals surface area contributed by atoms with Gasteiger partial charge in [0, 0.05) is 41.9 Å². The van der Waals surface area contributed by atoms with Gasteiger partial charge < -0.3 is 19.7 Å². The van der Waals surface area contributed by atoms with Gasteiger partial charge in [-0.2, -0.15) is 5.26 Å². The van der Waals surface area contributed by atoms with E-state index in [9.17, 15) is 15.2 Å². The number of ether oxygens (including phenoxy) is 1. The van der Waals surface area contributed by atoms with Gasteiger partial charge in [-0.1, -0.05) is 6.07 Å². The molecule has 2 unspecified atom stereocenters. The minimum Gasteiger partial charge on any atom is -0.389 e. The topological polar surface area (TPSA) is 129 Å². The quantitative estimate of drug-likeness (QED) is 0.338. The number of aliphatic hydroxyl groups is 1. The highest BCUT2D eigenvalue weighted by Crippen LogP contribution is 2.43. The van der Waals surface area contributed by atoms with Crippen molar-refractivity contribution in [1.29, 1.82) is 5.26 Å². The van der Waals surface area contributed by atoms with Crippen LogP contribution in [0.4, 0.5) is 10.2 Å². The molecule has 7 rings (SSSR count). The van der Waals surface area contributed by atoms with Gasteiger partial charge in [-0.05, 0) is 72.9 Å². The van der Waals surface area contributed by atoms with Crippen LogP contribution < -0.4 is 10.2 Å². The molecule has 3 aliphatic rings. The first kappa shape index (κ1) is 27.3. The molecule has 218 valence electrons. The van der Waals surface area contributed by atoms with Crippen LogP contribution >= 0.6 is 0 Å². The van der Waals surface area contributed by atoms with Crippen LogP contribution in [0, 0.1) is 17.1 Å². The van der Waals surface area contributed by atoms with Gasteiger partial charge in [0.15, 0.2) is 5.82 Å². The molecule has 43 heavy (non-hydrogen) atoms. The van der Waals surface area contributed by atoms with E-state index in [0.717, 1.165) is 35.2 Å². The number of hydrogen-bond donors (Lipinski definition) is 2. The third-order valence-electron chi connectivity index (χ3n) is 8.67. The molecule has 0 bridgehead atoms. The number of halogens is 1. The van der Waals surface area contributed by atoms with Gasteiger partial charge in [-0.25, -0.2) is 9.37 Å². The number of rotatable bonds is 7. The smallest absolute Gasteiger partial charge is 0.260 e. The molecular weight excluding hydrogens is 549 g/mol. The van der Waals surface area contributed by atoms with Crippen LogP contribution in [0.15, 0.2) is 48.8 Å². The van der Waals surface area contributed by atoms with Crippen molar-refractivity contribution < 1.29 is 19.0 Å². The number of anilines is 1. The lowest BCUT2D eigenvalue weighted by atomic mass is 9.96. The van der Waals surface area contributed by atoms with E-state index in [1.807, 2.05) is 32.2 Å². The summed E-state index contributed by atoms with van der Waals surface area (Å²) in [6.07, 6.45) is 2.95. The Morgan fingerprint density at radius 1 is 1.19 bits per heavy atom. The van der Waals surface area contributed by atoms with Crippen LogP contribution in [-0.4, -0.2) is 55.6 Å². The molecule has 4 heterocycles. The molecule has 2 aromatic heterocycles. The van der Waals surface area contributed by atoms with E-state index in [-0.39, 0.29) is 25.6 Å². The summed E-state index contributed by atoms with van der Waals surface area (Å²) in [4.78, 5) is 20.2. The van der Waals surface area contributed by atoms with Gasteiger partial charge >= 0.3 is 0 Å². The summed E-state index contributed by atoms with van der Waals surface area (Å²) < 4.78 is 22.6. The van der Waals surface area contributed by atoms with Crippen molar-refractivity contribution in [2.45, 2.75) is 50.4 Å². The molecule has 1 amide bonds.